The minimum Gasteiger partial charge on any atom is -0.382 e. The van der Waals surface area contributed by atoms with Crippen molar-refractivity contribution >= 4 is 38.2 Å². The number of hydrogen-bond acceptors (Lipinski definition) is 8. The highest BCUT2D eigenvalue weighted by atomic mass is 32.2. The summed E-state index contributed by atoms with van der Waals surface area (Å²) in [5.41, 5.74) is 2.57. The summed E-state index contributed by atoms with van der Waals surface area (Å²) in [5.74, 6) is 0.454. The maximum Gasteiger partial charge on any atom is 0.243 e. The lowest BCUT2D eigenvalue weighted by atomic mass is 10.1. The van der Waals surface area contributed by atoms with E-state index in [1.165, 1.54) is 4.31 Å². The van der Waals surface area contributed by atoms with Crippen LogP contribution in [0.4, 0.5) is 17.3 Å². The smallest absolute Gasteiger partial charge is 0.243 e. The summed E-state index contributed by atoms with van der Waals surface area (Å²) >= 11 is 0. The molecule has 2 aromatic carbocycles. The molecule has 4 rings (SSSR count). The summed E-state index contributed by atoms with van der Waals surface area (Å²) in [7, 11) is -1.56. The fourth-order valence-corrected chi connectivity index (χ4v) is 5.29. The van der Waals surface area contributed by atoms with Crippen LogP contribution in [0.5, 0.6) is 0 Å². The summed E-state index contributed by atoms with van der Waals surface area (Å²) in [5, 5.41) is 10.9. The van der Waals surface area contributed by atoms with Crippen molar-refractivity contribution in [2.45, 2.75) is 30.7 Å². The Kier molecular flexibility index (Phi) is 7.94. The Morgan fingerprint density at radius 2 is 1.82 bits per heavy atom. The van der Waals surface area contributed by atoms with Gasteiger partial charge in [0.1, 0.15) is 0 Å². The van der Waals surface area contributed by atoms with Crippen molar-refractivity contribution in [3.63, 3.8) is 0 Å². The quantitative estimate of drug-likeness (QED) is 0.403. The zero-order valence-electron chi connectivity index (χ0n) is 19.6. The average Bonchev–Trinajstić information content (AvgIpc) is 2.87. The van der Waals surface area contributed by atoms with Crippen LogP contribution in [0, 0.1) is 0 Å². The Balaban J connectivity index is 1.47. The number of rotatable bonds is 10. The number of fused-ring (bicyclic) bond motifs is 1. The van der Waals surface area contributed by atoms with Crippen molar-refractivity contribution in [2.75, 3.05) is 50.5 Å². The molecule has 1 unspecified atom stereocenters. The van der Waals surface area contributed by atoms with Gasteiger partial charge in [-0.15, -0.1) is 0 Å². The molecule has 2 heterocycles. The minimum atomic E-state index is -3.52. The molecule has 1 saturated heterocycles. The first-order chi connectivity index (χ1) is 16.5. The second kappa shape index (κ2) is 11.1. The first-order valence-corrected chi connectivity index (χ1v) is 13.1. The van der Waals surface area contributed by atoms with Gasteiger partial charge in [-0.25, -0.2) is 18.4 Å². The van der Waals surface area contributed by atoms with Crippen LogP contribution in [0.1, 0.15) is 19.8 Å². The number of anilines is 3. The van der Waals surface area contributed by atoms with Crippen LogP contribution < -0.4 is 16.0 Å². The zero-order chi connectivity index (χ0) is 24.0. The molecular weight excluding hydrogens is 452 g/mol. The number of aromatic nitrogens is 2. The average molecular weight is 485 g/mol. The lowest BCUT2D eigenvalue weighted by Gasteiger charge is -2.26. The highest BCUT2D eigenvalue weighted by Gasteiger charge is 2.26. The molecule has 3 N–H and O–H groups in total. The SMILES string of the molecule is CCC(CCNC)Nc1ccc2cnc(Nc3ccc(S(=O)(=O)N4CCOCC4)cc3)nc2c1. The first kappa shape index (κ1) is 24.3. The van der Waals surface area contributed by atoms with Crippen LogP contribution >= 0.6 is 0 Å². The molecule has 0 bridgehead atoms. The number of ether oxygens (including phenoxy) is 1. The van der Waals surface area contributed by atoms with Gasteiger partial charge in [0.2, 0.25) is 16.0 Å². The Morgan fingerprint density at radius 3 is 2.53 bits per heavy atom. The van der Waals surface area contributed by atoms with Gasteiger partial charge in [-0.1, -0.05) is 6.92 Å². The maximum absolute atomic E-state index is 12.8. The standard InChI is InChI=1S/C24H32N6O3S/c1-3-19(10-11-25-2)27-21-5-4-18-17-26-24(29-23(18)16-21)28-20-6-8-22(9-7-20)34(31,32)30-12-14-33-15-13-30/h4-9,16-17,19,25,27H,3,10-15H2,1-2H3,(H,26,28,29). The minimum absolute atomic E-state index is 0.263. The third-order valence-electron chi connectivity index (χ3n) is 5.91. The van der Waals surface area contributed by atoms with Gasteiger partial charge in [0.15, 0.2) is 0 Å². The molecule has 10 heteroatoms. The first-order valence-electron chi connectivity index (χ1n) is 11.6. The van der Waals surface area contributed by atoms with Gasteiger partial charge >= 0.3 is 0 Å². The van der Waals surface area contributed by atoms with Crippen LogP contribution in [0.3, 0.4) is 0 Å². The predicted octanol–water partition coefficient (Wildman–Crippen LogP) is 3.19. The highest BCUT2D eigenvalue weighted by molar-refractivity contribution is 7.89. The van der Waals surface area contributed by atoms with Crippen molar-refractivity contribution < 1.29 is 13.2 Å². The summed E-state index contributed by atoms with van der Waals surface area (Å²) in [6.07, 6.45) is 3.86. The molecule has 182 valence electrons. The van der Waals surface area contributed by atoms with Crippen molar-refractivity contribution in [3.05, 3.63) is 48.7 Å². The number of morpholine rings is 1. The van der Waals surface area contributed by atoms with Crippen molar-refractivity contribution in [3.8, 4) is 0 Å². The summed E-state index contributed by atoms with van der Waals surface area (Å²) < 4.78 is 32.3. The van der Waals surface area contributed by atoms with Crippen molar-refractivity contribution in [1.29, 1.82) is 0 Å². The molecule has 1 aromatic heterocycles. The van der Waals surface area contributed by atoms with E-state index in [-0.39, 0.29) is 4.90 Å². The fourth-order valence-electron chi connectivity index (χ4n) is 3.88. The van der Waals surface area contributed by atoms with E-state index in [1.54, 1.807) is 30.5 Å². The molecule has 0 amide bonds. The topological polar surface area (TPSA) is 108 Å². The third kappa shape index (κ3) is 5.82. The monoisotopic (exact) mass is 484 g/mol. The van der Waals surface area contributed by atoms with E-state index in [2.05, 4.69) is 38.9 Å². The Hall–Kier alpha value is -2.79. The molecule has 1 atom stereocenters. The molecular formula is C24H32N6O3S. The molecule has 34 heavy (non-hydrogen) atoms. The molecule has 1 aliphatic rings. The van der Waals surface area contributed by atoms with Gasteiger partial charge in [-0.05, 0) is 68.9 Å². The van der Waals surface area contributed by atoms with Crippen LogP contribution in [0.15, 0.2) is 53.6 Å². The van der Waals surface area contributed by atoms with E-state index in [0.29, 0.717) is 44.0 Å². The number of benzene rings is 2. The second-order valence-corrected chi connectivity index (χ2v) is 10.2. The van der Waals surface area contributed by atoms with Crippen LogP contribution in [0.25, 0.3) is 10.9 Å². The Bertz CT molecular complexity index is 1200. The molecule has 1 aliphatic heterocycles. The number of nitrogens with one attached hydrogen (secondary N) is 3. The largest absolute Gasteiger partial charge is 0.382 e. The van der Waals surface area contributed by atoms with E-state index >= 15 is 0 Å². The molecule has 0 saturated carbocycles. The lowest BCUT2D eigenvalue weighted by Crippen LogP contribution is -2.40. The second-order valence-electron chi connectivity index (χ2n) is 8.27. The van der Waals surface area contributed by atoms with Crippen molar-refractivity contribution in [2.24, 2.45) is 0 Å². The Morgan fingerprint density at radius 1 is 1.09 bits per heavy atom. The van der Waals surface area contributed by atoms with E-state index in [9.17, 15) is 8.42 Å². The van der Waals surface area contributed by atoms with Crippen LogP contribution in [0.2, 0.25) is 0 Å². The molecule has 0 radical (unpaired) electrons. The van der Waals surface area contributed by atoms with E-state index < -0.39 is 10.0 Å². The number of hydrogen-bond donors (Lipinski definition) is 3. The van der Waals surface area contributed by atoms with Gasteiger partial charge in [0.25, 0.3) is 0 Å². The molecule has 1 fully saturated rings. The summed E-state index contributed by atoms with van der Waals surface area (Å²) in [6, 6.07) is 13.1. The molecule has 3 aromatic rings. The van der Waals surface area contributed by atoms with E-state index in [4.69, 9.17) is 4.74 Å². The van der Waals surface area contributed by atoms with Gasteiger partial charge in [-0.2, -0.15) is 4.31 Å². The molecule has 9 nitrogen and oxygen atoms in total. The normalized spacial score (nSPS) is 15.8. The maximum atomic E-state index is 12.8. The van der Waals surface area contributed by atoms with Gasteiger partial charge in [0, 0.05) is 42.1 Å². The molecule has 0 spiro atoms. The van der Waals surface area contributed by atoms with Crippen LogP contribution in [-0.4, -0.2) is 68.6 Å². The van der Waals surface area contributed by atoms with Crippen molar-refractivity contribution in [1.82, 2.24) is 19.6 Å². The summed E-state index contributed by atoms with van der Waals surface area (Å²) in [6.45, 7) is 4.73. The van der Waals surface area contributed by atoms with E-state index in [0.717, 1.165) is 36.0 Å². The van der Waals surface area contributed by atoms with Gasteiger partial charge in [-0.3, -0.25) is 0 Å². The third-order valence-corrected chi connectivity index (χ3v) is 7.82. The zero-order valence-corrected chi connectivity index (χ0v) is 20.4. The van der Waals surface area contributed by atoms with Gasteiger partial charge in [0.05, 0.1) is 23.6 Å². The summed E-state index contributed by atoms with van der Waals surface area (Å²) in [4.78, 5) is 9.32. The highest BCUT2D eigenvalue weighted by Crippen LogP contribution is 2.23. The lowest BCUT2D eigenvalue weighted by molar-refractivity contribution is 0.0730. The predicted molar refractivity (Wildman–Crippen MR) is 135 cm³/mol. The van der Waals surface area contributed by atoms with E-state index in [1.807, 2.05) is 19.2 Å². The number of sulfonamides is 1. The Labute approximate surface area is 201 Å². The molecule has 0 aliphatic carbocycles. The van der Waals surface area contributed by atoms with Gasteiger partial charge < -0.3 is 20.7 Å². The fraction of sp³-hybridized carbons (Fsp3) is 0.417. The van der Waals surface area contributed by atoms with Crippen LogP contribution in [-0.2, 0) is 14.8 Å². The number of nitrogens with zero attached hydrogens (tertiary/aromatic N) is 3.